The number of halogens is 6. The van der Waals surface area contributed by atoms with E-state index in [4.69, 9.17) is 0 Å². The van der Waals surface area contributed by atoms with E-state index in [-0.39, 0.29) is 11.4 Å². The average Bonchev–Trinajstić information content (AvgIpc) is 2.93. The maximum absolute atomic E-state index is 13.7. The van der Waals surface area contributed by atoms with E-state index in [9.17, 15) is 31.1 Å². The molecule has 2 aromatic carbocycles. The monoisotopic (exact) mass is 413 g/mol. The summed E-state index contributed by atoms with van der Waals surface area (Å²) in [5.74, 6) is 0. The van der Waals surface area contributed by atoms with Crippen molar-refractivity contribution in [3.05, 3.63) is 81.8 Å². The van der Waals surface area contributed by atoms with Crippen LogP contribution in [0.25, 0.3) is 5.69 Å². The number of para-hydroxylation sites is 2. The molecule has 0 saturated carbocycles. The van der Waals surface area contributed by atoms with Gasteiger partial charge in [0.05, 0.1) is 22.5 Å². The molecule has 4 nitrogen and oxygen atoms in total. The average molecular weight is 413 g/mol. The highest BCUT2D eigenvalue weighted by atomic mass is 19.4. The lowest BCUT2D eigenvalue weighted by Gasteiger charge is -2.13. The lowest BCUT2D eigenvalue weighted by molar-refractivity contribution is -0.137. The van der Waals surface area contributed by atoms with E-state index in [0.29, 0.717) is 6.07 Å². The van der Waals surface area contributed by atoms with Crippen molar-refractivity contribution in [2.45, 2.75) is 19.3 Å². The number of alkyl halides is 6. The van der Waals surface area contributed by atoms with Gasteiger partial charge in [-0.15, -0.1) is 0 Å². The van der Waals surface area contributed by atoms with Crippen molar-refractivity contribution >= 4 is 11.4 Å². The molecular formula is C19H13F6N3O. The first-order valence-electron chi connectivity index (χ1n) is 8.19. The van der Waals surface area contributed by atoms with Crippen LogP contribution in [0.3, 0.4) is 0 Å². The summed E-state index contributed by atoms with van der Waals surface area (Å²) in [7, 11) is 0. The number of rotatable bonds is 3. The molecule has 0 aliphatic rings. The minimum absolute atomic E-state index is 0.181. The largest absolute Gasteiger partial charge is 0.434 e. The van der Waals surface area contributed by atoms with Crippen LogP contribution in [0.2, 0.25) is 0 Å². The number of aromatic nitrogens is 2. The van der Waals surface area contributed by atoms with Gasteiger partial charge in [-0.25, -0.2) is 9.67 Å². The Morgan fingerprint density at radius 1 is 0.931 bits per heavy atom. The van der Waals surface area contributed by atoms with Crippen LogP contribution in [0.15, 0.2) is 64.4 Å². The molecule has 10 heteroatoms. The lowest BCUT2D eigenvalue weighted by atomic mass is 10.1. The molecule has 0 radical (unpaired) electrons. The van der Waals surface area contributed by atoms with Gasteiger partial charge in [-0.1, -0.05) is 30.3 Å². The third-order valence-electron chi connectivity index (χ3n) is 4.03. The van der Waals surface area contributed by atoms with Crippen molar-refractivity contribution in [1.82, 2.24) is 9.78 Å². The third-order valence-corrected chi connectivity index (χ3v) is 4.03. The van der Waals surface area contributed by atoms with E-state index in [0.717, 1.165) is 22.9 Å². The topological polar surface area (TPSA) is 50.1 Å². The van der Waals surface area contributed by atoms with Gasteiger partial charge < -0.3 is 0 Å². The van der Waals surface area contributed by atoms with E-state index in [1.165, 1.54) is 19.1 Å². The van der Waals surface area contributed by atoms with Crippen molar-refractivity contribution < 1.29 is 26.3 Å². The molecule has 0 saturated heterocycles. The van der Waals surface area contributed by atoms with Crippen LogP contribution >= 0.6 is 0 Å². The smallest absolute Gasteiger partial charge is 0.295 e. The van der Waals surface area contributed by atoms with Gasteiger partial charge in [-0.05, 0) is 31.2 Å². The maximum atomic E-state index is 13.7. The fourth-order valence-electron chi connectivity index (χ4n) is 2.78. The molecule has 1 aromatic heterocycles. The molecule has 1 heterocycles. The zero-order valence-electron chi connectivity index (χ0n) is 14.8. The minimum atomic E-state index is -5.17. The summed E-state index contributed by atoms with van der Waals surface area (Å²) >= 11 is 0. The summed E-state index contributed by atoms with van der Waals surface area (Å²) in [6, 6.07) is 11.4. The van der Waals surface area contributed by atoms with Gasteiger partial charge in [-0.3, -0.25) is 9.89 Å². The molecule has 1 N–H and O–H groups in total. The Bertz CT molecular complexity index is 1110. The SMILES string of the molecule is Cc1[nH]n(-c2ccccc2)c(=O)c1C(=Nc1ccccc1C(F)(F)F)C(F)(F)F. The number of hydrogen-bond donors (Lipinski definition) is 1. The van der Waals surface area contributed by atoms with Gasteiger partial charge in [0.1, 0.15) is 0 Å². The van der Waals surface area contributed by atoms with Crippen LogP contribution in [-0.2, 0) is 6.18 Å². The van der Waals surface area contributed by atoms with Gasteiger partial charge in [0, 0.05) is 5.69 Å². The molecule has 0 aliphatic carbocycles. The quantitative estimate of drug-likeness (QED) is 0.467. The zero-order valence-corrected chi connectivity index (χ0v) is 14.8. The molecule has 0 aliphatic heterocycles. The number of aromatic amines is 1. The maximum Gasteiger partial charge on any atom is 0.434 e. The molecule has 0 fully saturated rings. The van der Waals surface area contributed by atoms with Crippen LogP contribution in [0.1, 0.15) is 16.8 Å². The molecule has 0 amide bonds. The predicted octanol–water partition coefficient (Wildman–Crippen LogP) is 5.18. The Morgan fingerprint density at radius 3 is 2.10 bits per heavy atom. The highest BCUT2D eigenvalue weighted by molar-refractivity contribution is 6.06. The fraction of sp³-hybridized carbons (Fsp3) is 0.158. The second-order valence-corrected chi connectivity index (χ2v) is 6.06. The van der Waals surface area contributed by atoms with Gasteiger partial charge in [-0.2, -0.15) is 26.3 Å². The highest BCUT2D eigenvalue weighted by Gasteiger charge is 2.41. The molecule has 29 heavy (non-hydrogen) atoms. The zero-order chi connectivity index (χ0) is 21.4. The van der Waals surface area contributed by atoms with Crippen molar-refractivity contribution in [2.75, 3.05) is 0 Å². The van der Waals surface area contributed by atoms with E-state index < -0.39 is 40.4 Å². The number of aliphatic imine (C=N–C) groups is 1. The number of nitrogens with one attached hydrogen (secondary N) is 1. The summed E-state index contributed by atoms with van der Waals surface area (Å²) in [5.41, 5.74) is -5.81. The summed E-state index contributed by atoms with van der Waals surface area (Å²) in [4.78, 5) is 15.9. The number of aryl methyl sites for hydroxylation is 1. The van der Waals surface area contributed by atoms with Gasteiger partial charge in [0.2, 0.25) is 0 Å². The standard InChI is InChI=1S/C19H13F6N3O/c1-11-15(17(29)28(27-11)12-7-3-2-4-8-12)16(19(23,24)25)26-14-10-6-5-9-13(14)18(20,21)22/h2-10,27H,1H3. The fourth-order valence-corrected chi connectivity index (χ4v) is 2.78. The minimum Gasteiger partial charge on any atom is -0.295 e. The van der Waals surface area contributed by atoms with Crippen molar-refractivity contribution in [3.63, 3.8) is 0 Å². The van der Waals surface area contributed by atoms with Crippen LogP contribution in [0, 0.1) is 6.92 Å². The van der Waals surface area contributed by atoms with Gasteiger partial charge >= 0.3 is 12.4 Å². The number of benzene rings is 2. The molecule has 0 spiro atoms. The molecule has 3 rings (SSSR count). The normalized spacial score (nSPS) is 13.0. The Hall–Kier alpha value is -3.30. The summed E-state index contributed by atoms with van der Waals surface area (Å²) in [6.45, 7) is 1.22. The molecule has 0 atom stereocenters. The summed E-state index contributed by atoms with van der Waals surface area (Å²) in [5, 5.41) is 2.51. The third kappa shape index (κ3) is 4.10. The Labute approximate surface area is 160 Å². The Kier molecular flexibility index (Phi) is 5.12. The molecular weight excluding hydrogens is 400 g/mol. The Balaban J connectivity index is 2.26. The van der Waals surface area contributed by atoms with Crippen molar-refractivity contribution in [1.29, 1.82) is 0 Å². The molecule has 0 unspecified atom stereocenters. The van der Waals surface area contributed by atoms with Crippen LogP contribution in [0.5, 0.6) is 0 Å². The number of nitrogens with zero attached hydrogens (tertiary/aromatic N) is 2. The first kappa shape index (κ1) is 20.4. The van der Waals surface area contributed by atoms with E-state index >= 15 is 0 Å². The van der Waals surface area contributed by atoms with Gasteiger partial charge in [0.15, 0.2) is 5.71 Å². The van der Waals surface area contributed by atoms with Crippen LogP contribution < -0.4 is 5.56 Å². The second-order valence-electron chi connectivity index (χ2n) is 6.06. The molecule has 3 aromatic rings. The highest BCUT2D eigenvalue weighted by Crippen LogP contribution is 2.37. The Morgan fingerprint density at radius 2 is 1.52 bits per heavy atom. The number of hydrogen-bond acceptors (Lipinski definition) is 2. The van der Waals surface area contributed by atoms with E-state index in [2.05, 4.69) is 10.1 Å². The van der Waals surface area contributed by atoms with Crippen molar-refractivity contribution in [2.24, 2.45) is 4.99 Å². The van der Waals surface area contributed by atoms with E-state index in [1.807, 2.05) is 0 Å². The first-order chi connectivity index (χ1) is 13.5. The molecule has 152 valence electrons. The number of H-pyrrole nitrogens is 1. The van der Waals surface area contributed by atoms with E-state index in [1.54, 1.807) is 18.2 Å². The first-order valence-corrected chi connectivity index (χ1v) is 8.19. The second kappa shape index (κ2) is 7.26. The van der Waals surface area contributed by atoms with Crippen molar-refractivity contribution in [3.8, 4) is 5.69 Å². The lowest BCUT2D eigenvalue weighted by Crippen LogP contribution is -2.30. The van der Waals surface area contributed by atoms with Crippen LogP contribution in [-0.4, -0.2) is 21.7 Å². The predicted molar refractivity (Wildman–Crippen MR) is 94.8 cm³/mol. The summed E-state index contributed by atoms with van der Waals surface area (Å²) in [6.07, 6.45) is -10.1. The van der Waals surface area contributed by atoms with Gasteiger partial charge in [0.25, 0.3) is 5.56 Å². The summed E-state index contributed by atoms with van der Waals surface area (Å²) < 4.78 is 81.5. The molecule has 0 bridgehead atoms. The van der Waals surface area contributed by atoms with Crippen LogP contribution in [0.4, 0.5) is 32.0 Å².